The van der Waals surface area contributed by atoms with Gasteiger partial charge in [-0.1, -0.05) is 88.7 Å². The predicted octanol–water partition coefficient (Wildman–Crippen LogP) is 7.55. The number of hydrazone groups is 1. The van der Waals surface area contributed by atoms with Crippen molar-refractivity contribution in [2.75, 3.05) is 5.01 Å². The molecule has 170 valence electrons. The molecule has 0 bridgehead atoms. The molecular formula is C29H20BrFN4. The molecule has 1 atom stereocenters. The van der Waals surface area contributed by atoms with Gasteiger partial charge in [0.15, 0.2) is 0 Å². The molecule has 4 nitrogen and oxygen atoms in total. The normalized spacial score (nSPS) is 15.4. The Bertz CT molecular complexity index is 1530. The molecule has 0 saturated carbocycles. The number of hydrogen-bond acceptors (Lipinski definition) is 4. The van der Waals surface area contributed by atoms with E-state index < -0.39 is 0 Å². The summed E-state index contributed by atoms with van der Waals surface area (Å²) < 4.78 is 14.7. The van der Waals surface area contributed by atoms with Crippen molar-refractivity contribution >= 4 is 38.5 Å². The number of benzene rings is 4. The van der Waals surface area contributed by atoms with Crippen LogP contribution in [0.3, 0.4) is 0 Å². The number of fused-ring (bicyclic) bond motifs is 1. The first kappa shape index (κ1) is 21.6. The Balaban J connectivity index is 1.52. The first-order chi connectivity index (χ1) is 17.2. The predicted molar refractivity (Wildman–Crippen MR) is 142 cm³/mol. The smallest absolute Gasteiger partial charge is 0.223 e. The molecular weight excluding hydrogens is 503 g/mol. The summed E-state index contributed by atoms with van der Waals surface area (Å²) in [6.07, 6.45) is 0.657. The average molecular weight is 523 g/mol. The molecule has 1 aromatic heterocycles. The molecule has 0 fully saturated rings. The fourth-order valence-corrected chi connectivity index (χ4v) is 4.70. The third-order valence-electron chi connectivity index (χ3n) is 6.19. The fraction of sp³-hybridized carbons (Fsp3) is 0.0690. The van der Waals surface area contributed by atoms with Crippen LogP contribution in [0.1, 0.15) is 23.6 Å². The zero-order valence-electron chi connectivity index (χ0n) is 18.6. The van der Waals surface area contributed by atoms with Crippen molar-refractivity contribution in [3.63, 3.8) is 0 Å². The maximum Gasteiger partial charge on any atom is 0.247 e. The molecule has 0 saturated heterocycles. The van der Waals surface area contributed by atoms with Crippen LogP contribution >= 0.6 is 15.9 Å². The summed E-state index contributed by atoms with van der Waals surface area (Å²) in [4.78, 5) is 9.92. The highest BCUT2D eigenvalue weighted by molar-refractivity contribution is 9.10. The second kappa shape index (κ2) is 9.04. The Kier molecular flexibility index (Phi) is 5.58. The first-order valence-electron chi connectivity index (χ1n) is 11.4. The molecule has 0 N–H and O–H groups in total. The Hall–Kier alpha value is -3.90. The van der Waals surface area contributed by atoms with E-state index >= 15 is 0 Å². The minimum absolute atomic E-state index is 0.154. The number of para-hydroxylation sites is 1. The highest BCUT2D eigenvalue weighted by atomic mass is 79.9. The largest absolute Gasteiger partial charge is 0.247 e. The highest BCUT2D eigenvalue weighted by Crippen LogP contribution is 2.37. The lowest BCUT2D eigenvalue weighted by molar-refractivity contribution is 0.623. The maximum atomic E-state index is 13.7. The lowest BCUT2D eigenvalue weighted by Crippen LogP contribution is -2.21. The Morgan fingerprint density at radius 3 is 2.23 bits per heavy atom. The van der Waals surface area contributed by atoms with Crippen LogP contribution in [0.5, 0.6) is 0 Å². The lowest BCUT2D eigenvalue weighted by atomic mass is 9.98. The van der Waals surface area contributed by atoms with Gasteiger partial charge in [0.2, 0.25) is 5.95 Å². The summed E-state index contributed by atoms with van der Waals surface area (Å²) >= 11 is 3.51. The Morgan fingerprint density at radius 2 is 1.46 bits per heavy atom. The minimum Gasteiger partial charge on any atom is -0.223 e. The van der Waals surface area contributed by atoms with Crippen molar-refractivity contribution in [1.29, 1.82) is 0 Å². The van der Waals surface area contributed by atoms with Gasteiger partial charge < -0.3 is 0 Å². The number of nitrogens with zero attached hydrogens (tertiary/aromatic N) is 4. The summed E-state index contributed by atoms with van der Waals surface area (Å²) in [5.41, 5.74) is 5.65. The van der Waals surface area contributed by atoms with Gasteiger partial charge in [0.1, 0.15) is 5.82 Å². The van der Waals surface area contributed by atoms with Gasteiger partial charge in [-0.25, -0.2) is 19.4 Å². The number of anilines is 1. The van der Waals surface area contributed by atoms with Crippen molar-refractivity contribution < 1.29 is 4.39 Å². The average Bonchev–Trinajstić information content (AvgIpc) is 3.35. The second-order valence-corrected chi connectivity index (χ2v) is 9.34. The molecule has 5 aromatic rings. The summed E-state index contributed by atoms with van der Waals surface area (Å²) in [7, 11) is 0. The van der Waals surface area contributed by atoms with E-state index in [2.05, 4.69) is 28.1 Å². The van der Waals surface area contributed by atoms with Gasteiger partial charge in [-0.15, -0.1) is 0 Å². The van der Waals surface area contributed by atoms with Gasteiger partial charge in [-0.2, -0.15) is 5.10 Å². The van der Waals surface area contributed by atoms with Gasteiger partial charge in [-0.05, 0) is 41.5 Å². The summed E-state index contributed by atoms with van der Waals surface area (Å²) in [6.45, 7) is 0. The van der Waals surface area contributed by atoms with Crippen molar-refractivity contribution in [1.82, 2.24) is 9.97 Å². The monoisotopic (exact) mass is 522 g/mol. The second-order valence-electron chi connectivity index (χ2n) is 8.43. The van der Waals surface area contributed by atoms with Gasteiger partial charge >= 0.3 is 0 Å². The molecule has 0 unspecified atom stereocenters. The number of halogens is 2. The summed E-state index contributed by atoms with van der Waals surface area (Å²) in [6, 6.07) is 32.7. The zero-order chi connectivity index (χ0) is 23.8. The van der Waals surface area contributed by atoms with Crippen LogP contribution in [-0.2, 0) is 0 Å². The zero-order valence-corrected chi connectivity index (χ0v) is 20.2. The van der Waals surface area contributed by atoms with E-state index in [1.54, 1.807) is 0 Å². The molecule has 1 aliphatic rings. The van der Waals surface area contributed by atoms with Crippen molar-refractivity contribution in [2.45, 2.75) is 12.5 Å². The van der Waals surface area contributed by atoms with Crippen molar-refractivity contribution in [3.05, 3.63) is 125 Å². The van der Waals surface area contributed by atoms with Crippen LogP contribution in [0, 0.1) is 5.82 Å². The third-order valence-corrected chi connectivity index (χ3v) is 6.71. The van der Waals surface area contributed by atoms with Crippen LogP contribution in [0.4, 0.5) is 10.3 Å². The Labute approximate surface area is 210 Å². The van der Waals surface area contributed by atoms with Crippen LogP contribution in [-0.4, -0.2) is 15.7 Å². The molecule has 6 rings (SSSR count). The molecule has 0 spiro atoms. The van der Waals surface area contributed by atoms with Crippen LogP contribution < -0.4 is 5.01 Å². The lowest BCUT2D eigenvalue weighted by Gasteiger charge is -2.23. The SMILES string of the molecule is Fc1ccc([C@@H]2CC(c3ccc(Br)cc3)=NN2c2nc(-c3ccccc3)c3ccccc3n2)cc1. The van der Waals surface area contributed by atoms with Gasteiger partial charge in [0.05, 0.1) is 23.0 Å². The molecule has 0 aliphatic carbocycles. The Morgan fingerprint density at radius 1 is 0.743 bits per heavy atom. The van der Waals surface area contributed by atoms with Gasteiger partial charge in [-0.3, -0.25) is 0 Å². The highest BCUT2D eigenvalue weighted by Gasteiger charge is 2.32. The number of rotatable bonds is 4. The van der Waals surface area contributed by atoms with Crippen molar-refractivity contribution in [3.8, 4) is 11.3 Å². The van der Waals surface area contributed by atoms with Crippen molar-refractivity contribution in [2.24, 2.45) is 5.10 Å². The summed E-state index contributed by atoms with van der Waals surface area (Å²) in [5.74, 6) is 0.254. The summed E-state index contributed by atoms with van der Waals surface area (Å²) in [5, 5.41) is 7.86. The molecule has 6 heteroatoms. The number of hydrogen-bond donors (Lipinski definition) is 0. The maximum absolute atomic E-state index is 13.7. The molecule has 2 heterocycles. The standard InChI is InChI=1S/C29H20BrFN4/c30-22-14-10-19(11-15-22)26-18-27(20-12-16-23(31)17-13-20)35(34-26)29-32-25-9-5-4-8-24(25)28(33-29)21-6-2-1-3-7-21/h1-17,27H,18H2/t27-/m0/s1. The fourth-order valence-electron chi connectivity index (χ4n) is 4.44. The molecule has 0 amide bonds. The molecule has 1 aliphatic heterocycles. The topological polar surface area (TPSA) is 41.4 Å². The van der Waals surface area contributed by atoms with E-state index in [0.717, 1.165) is 43.5 Å². The quantitative estimate of drug-likeness (QED) is 0.244. The minimum atomic E-state index is -0.263. The van der Waals surface area contributed by atoms with E-state index in [1.165, 1.54) is 12.1 Å². The van der Waals surface area contributed by atoms with Crippen LogP contribution in [0.15, 0.2) is 113 Å². The molecule has 35 heavy (non-hydrogen) atoms. The van der Waals surface area contributed by atoms with Crippen LogP contribution in [0.2, 0.25) is 0 Å². The van der Waals surface area contributed by atoms with E-state index in [4.69, 9.17) is 15.1 Å². The van der Waals surface area contributed by atoms with Gasteiger partial charge in [0, 0.05) is 21.8 Å². The first-order valence-corrected chi connectivity index (χ1v) is 12.2. The molecule has 4 aromatic carbocycles. The third kappa shape index (κ3) is 4.21. The van der Waals surface area contributed by atoms with E-state index in [1.807, 2.05) is 83.9 Å². The number of aromatic nitrogens is 2. The molecule has 0 radical (unpaired) electrons. The van der Waals surface area contributed by atoms with E-state index in [9.17, 15) is 4.39 Å². The van der Waals surface area contributed by atoms with E-state index in [-0.39, 0.29) is 11.9 Å². The van der Waals surface area contributed by atoms with Crippen LogP contribution in [0.25, 0.3) is 22.2 Å². The van der Waals surface area contributed by atoms with Gasteiger partial charge in [0.25, 0.3) is 0 Å². The van der Waals surface area contributed by atoms with E-state index in [0.29, 0.717) is 12.4 Å².